The van der Waals surface area contributed by atoms with Gasteiger partial charge in [-0.05, 0) is 12.1 Å². The number of methoxy groups -OCH3 is 1. The van der Waals surface area contributed by atoms with Crippen molar-refractivity contribution in [1.82, 2.24) is 4.98 Å². The van der Waals surface area contributed by atoms with Crippen molar-refractivity contribution in [3.05, 3.63) is 52.3 Å². The third kappa shape index (κ3) is 1.98. The predicted octanol–water partition coefficient (Wildman–Crippen LogP) is 1.68. The minimum atomic E-state index is -0.818. The molecule has 0 saturated heterocycles. The summed E-state index contributed by atoms with van der Waals surface area (Å²) in [6.07, 6.45) is 1.38. The molecule has 0 amide bonds. The zero-order valence-corrected chi connectivity index (χ0v) is 10.7. The first-order chi connectivity index (χ1) is 8.99. The van der Waals surface area contributed by atoms with Gasteiger partial charge in [0.05, 0.1) is 23.8 Å². The average Bonchev–Trinajstić information content (AvgIpc) is 2.44. The van der Waals surface area contributed by atoms with E-state index in [0.29, 0.717) is 0 Å². The summed E-state index contributed by atoms with van der Waals surface area (Å²) in [5, 5.41) is -0.369. The van der Waals surface area contributed by atoms with Crippen LogP contribution in [0.1, 0.15) is 20.8 Å². The fraction of sp³-hybridized carbons (Fsp3) is 0.0769. The number of aromatic nitrogens is 1. The SMILES string of the molecule is C=C(C(=O)OC)C1=C(Cl)C(=O)c2ncccc2C1=O. The van der Waals surface area contributed by atoms with Gasteiger partial charge in [-0.15, -0.1) is 0 Å². The van der Waals surface area contributed by atoms with Gasteiger partial charge < -0.3 is 4.74 Å². The molecule has 1 heterocycles. The van der Waals surface area contributed by atoms with Gasteiger partial charge in [-0.25, -0.2) is 4.79 Å². The number of carbonyl (C=O) groups is 3. The molecule has 0 spiro atoms. The standard InChI is InChI=1S/C13H8ClNO4/c1-6(13(18)19-2)8-9(14)12(17)10-7(11(8)16)4-3-5-15-10/h3-5H,1H2,2H3. The van der Waals surface area contributed by atoms with Gasteiger partial charge in [-0.2, -0.15) is 0 Å². The zero-order chi connectivity index (χ0) is 14.2. The third-order valence-corrected chi connectivity index (χ3v) is 3.01. The second-order valence-electron chi connectivity index (χ2n) is 3.72. The Kier molecular flexibility index (Phi) is 3.31. The van der Waals surface area contributed by atoms with E-state index in [4.69, 9.17) is 11.6 Å². The summed E-state index contributed by atoms with van der Waals surface area (Å²) < 4.78 is 4.47. The molecule has 0 atom stereocenters. The highest BCUT2D eigenvalue weighted by Crippen LogP contribution is 2.31. The maximum atomic E-state index is 12.2. The highest BCUT2D eigenvalue weighted by molar-refractivity contribution is 6.50. The monoisotopic (exact) mass is 277 g/mol. The van der Waals surface area contributed by atoms with Crippen LogP contribution in [0, 0.1) is 0 Å². The van der Waals surface area contributed by atoms with Crippen LogP contribution in [0.3, 0.4) is 0 Å². The first kappa shape index (κ1) is 13.2. The summed E-state index contributed by atoms with van der Waals surface area (Å²) in [5.41, 5.74) is -0.421. The molecule has 0 saturated carbocycles. The lowest BCUT2D eigenvalue weighted by atomic mass is 9.89. The Bertz CT molecular complexity index is 660. The molecule has 5 nitrogen and oxygen atoms in total. The molecular weight excluding hydrogens is 270 g/mol. The van der Waals surface area contributed by atoms with Gasteiger partial charge in [0.2, 0.25) is 5.78 Å². The lowest BCUT2D eigenvalue weighted by molar-refractivity contribution is -0.135. The van der Waals surface area contributed by atoms with E-state index < -0.39 is 17.5 Å². The number of allylic oxidation sites excluding steroid dienone is 1. The van der Waals surface area contributed by atoms with Crippen molar-refractivity contribution in [2.24, 2.45) is 0 Å². The first-order valence-electron chi connectivity index (χ1n) is 5.20. The van der Waals surface area contributed by atoms with E-state index in [1.807, 2.05) is 0 Å². The van der Waals surface area contributed by atoms with Crippen LogP contribution in [0.25, 0.3) is 0 Å². The Morgan fingerprint density at radius 2 is 2.05 bits per heavy atom. The predicted molar refractivity (Wildman–Crippen MR) is 66.9 cm³/mol. The number of pyridine rings is 1. The smallest absolute Gasteiger partial charge is 0.338 e. The van der Waals surface area contributed by atoms with Gasteiger partial charge >= 0.3 is 5.97 Å². The second-order valence-corrected chi connectivity index (χ2v) is 4.09. The largest absolute Gasteiger partial charge is 0.465 e. The van der Waals surface area contributed by atoms with Crippen LogP contribution in [0.15, 0.2) is 41.1 Å². The number of fused-ring (bicyclic) bond motifs is 1. The Balaban J connectivity index is 2.61. The molecule has 1 aromatic heterocycles. The minimum Gasteiger partial charge on any atom is -0.465 e. The molecular formula is C13H8ClNO4. The molecule has 1 aliphatic carbocycles. The summed E-state index contributed by atoms with van der Waals surface area (Å²) in [7, 11) is 1.15. The second kappa shape index (κ2) is 4.78. The number of Topliss-reactive ketones (excluding diaryl/α,β-unsaturated/α-hetero) is 2. The summed E-state index contributed by atoms with van der Waals surface area (Å²) >= 11 is 5.85. The van der Waals surface area contributed by atoms with Crippen molar-refractivity contribution in [2.75, 3.05) is 7.11 Å². The van der Waals surface area contributed by atoms with Gasteiger partial charge in [0.25, 0.3) is 0 Å². The molecule has 0 radical (unpaired) electrons. The topological polar surface area (TPSA) is 73.3 Å². The maximum Gasteiger partial charge on any atom is 0.338 e. The summed E-state index contributed by atoms with van der Waals surface area (Å²) in [5.74, 6) is -2.00. The Morgan fingerprint density at radius 3 is 2.68 bits per heavy atom. The van der Waals surface area contributed by atoms with E-state index >= 15 is 0 Å². The number of hydrogen-bond acceptors (Lipinski definition) is 5. The number of esters is 1. The maximum absolute atomic E-state index is 12.2. The highest BCUT2D eigenvalue weighted by Gasteiger charge is 2.35. The van der Waals surface area contributed by atoms with E-state index in [9.17, 15) is 14.4 Å². The van der Waals surface area contributed by atoms with Crippen molar-refractivity contribution in [2.45, 2.75) is 0 Å². The number of nitrogens with zero attached hydrogens (tertiary/aromatic N) is 1. The van der Waals surface area contributed by atoms with Crippen LogP contribution >= 0.6 is 11.6 Å². The van der Waals surface area contributed by atoms with Crippen molar-refractivity contribution in [1.29, 1.82) is 0 Å². The van der Waals surface area contributed by atoms with Crippen molar-refractivity contribution in [3.63, 3.8) is 0 Å². The van der Waals surface area contributed by atoms with Gasteiger partial charge in [0, 0.05) is 6.20 Å². The number of rotatable bonds is 2. The molecule has 0 fully saturated rings. The van der Waals surface area contributed by atoms with Gasteiger partial charge in [-0.1, -0.05) is 18.2 Å². The lowest BCUT2D eigenvalue weighted by Crippen LogP contribution is -2.24. The van der Waals surface area contributed by atoms with Crippen molar-refractivity contribution < 1.29 is 19.1 Å². The fourth-order valence-electron chi connectivity index (χ4n) is 1.72. The summed E-state index contributed by atoms with van der Waals surface area (Å²) in [6, 6.07) is 2.96. The third-order valence-electron chi connectivity index (χ3n) is 2.65. The molecule has 0 unspecified atom stereocenters. The van der Waals surface area contributed by atoms with E-state index in [0.717, 1.165) is 7.11 Å². The zero-order valence-electron chi connectivity index (χ0n) is 9.90. The van der Waals surface area contributed by atoms with Crippen LogP contribution in [0.5, 0.6) is 0 Å². The molecule has 1 aliphatic rings. The molecule has 0 aromatic carbocycles. The van der Waals surface area contributed by atoms with Crippen LogP contribution < -0.4 is 0 Å². The average molecular weight is 278 g/mol. The molecule has 0 N–H and O–H groups in total. The number of halogens is 1. The highest BCUT2D eigenvalue weighted by atomic mass is 35.5. The van der Waals surface area contributed by atoms with E-state index in [2.05, 4.69) is 16.3 Å². The van der Waals surface area contributed by atoms with Crippen LogP contribution in [0.2, 0.25) is 0 Å². The van der Waals surface area contributed by atoms with Crippen LogP contribution in [0.4, 0.5) is 0 Å². The van der Waals surface area contributed by atoms with E-state index in [1.165, 1.54) is 18.3 Å². The van der Waals surface area contributed by atoms with Crippen LogP contribution in [-0.4, -0.2) is 29.6 Å². The molecule has 0 bridgehead atoms. The Hall–Kier alpha value is -2.27. The Morgan fingerprint density at radius 1 is 1.37 bits per heavy atom. The Labute approximate surface area is 113 Å². The normalized spacial score (nSPS) is 14.2. The minimum absolute atomic E-state index is 0.0288. The number of hydrogen-bond donors (Lipinski definition) is 0. The molecule has 96 valence electrons. The molecule has 2 rings (SSSR count). The lowest BCUT2D eigenvalue weighted by Gasteiger charge is -2.17. The molecule has 0 aliphatic heterocycles. The quantitative estimate of drug-likeness (QED) is 0.607. The molecule has 6 heteroatoms. The van der Waals surface area contributed by atoms with E-state index in [1.54, 1.807) is 0 Å². The van der Waals surface area contributed by atoms with Crippen molar-refractivity contribution in [3.8, 4) is 0 Å². The summed E-state index contributed by atoms with van der Waals surface area (Å²) in [4.78, 5) is 39.5. The molecule has 19 heavy (non-hydrogen) atoms. The van der Waals surface area contributed by atoms with E-state index in [-0.39, 0.29) is 27.4 Å². The van der Waals surface area contributed by atoms with Crippen molar-refractivity contribution >= 4 is 29.1 Å². The fourth-order valence-corrected chi connectivity index (χ4v) is 2.01. The number of carbonyl (C=O) groups excluding carboxylic acids is 3. The molecule has 1 aromatic rings. The first-order valence-corrected chi connectivity index (χ1v) is 5.58. The van der Waals surface area contributed by atoms with Gasteiger partial charge in [0.1, 0.15) is 10.7 Å². The number of ketones is 2. The van der Waals surface area contributed by atoms with Gasteiger partial charge in [-0.3, -0.25) is 14.6 Å². The van der Waals surface area contributed by atoms with Gasteiger partial charge in [0.15, 0.2) is 5.78 Å². The summed E-state index contributed by atoms with van der Waals surface area (Å²) in [6.45, 7) is 3.45. The number of ether oxygens (including phenoxy) is 1. The van der Waals surface area contributed by atoms with Crippen LogP contribution in [-0.2, 0) is 9.53 Å².